The summed E-state index contributed by atoms with van der Waals surface area (Å²) in [5.41, 5.74) is 4.93. The minimum absolute atomic E-state index is 0.0922. The van der Waals surface area contributed by atoms with Crippen molar-refractivity contribution in [3.8, 4) is 17.0 Å². The lowest BCUT2D eigenvalue weighted by Gasteiger charge is -2.47. The van der Waals surface area contributed by atoms with Crippen molar-refractivity contribution in [1.29, 1.82) is 0 Å². The summed E-state index contributed by atoms with van der Waals surface area (Å²) >= 11 is 0. The van der Waals surface area contributed by atoms with Gasteiger partial charge in [-0.25, -0.2) is 9.37 Å². The van der Waals surface area contributed by atoms with Crippen LogP contribution in [-0.4, -0.2) is 71.6 Å². The van der Waals surface area contributed by atoms with E-state index in [0.29, 0.717) is 62.5 Å². The van der Waals surface area contributed by atoms with Crippen molar-refractivity contribution in [3.63, 3.8) is 0 Å². The standard InChI is InChI=1S/C29H34F4N4O3/c30-23-15-20(4-6-22(23)27(39)37-12-1-3-24(37)26(34)38)21-5-7-25(35-16-21)40-17-19-8-13-36(14-9-19)18-28(10-2-11-28)29(31,32)33/h4-7,15-16,19,24H,1-3,8-14,17-18H2,(H2,34,38)/t24-/m0/s1. The molecule has 1 aromatic carbocycles. The molecule has 0 spiro atoms. The van der Waals surface area contributed by atoms with E-state index in [2.05, 4.69) is 4.98 Å². The first kappa shape index (κ1) is 28.3. The molecule has 1 aliphatic carbocycles. The molecular weight excluding hydrogens is 528 g/mol. The summed E-state index contributed by atoms with van der Waals surface area (Å²) < 4.78 is 61.2. The van der Waals surface area contributed by atoms with Crippen molar-refractivity contribution in [2.24, 2.45) is 17.1 Å². The molecule has 2 N–H and O–H groups in total. The Morgan fingerprint density at radius 1 is 1.02 bits per heavy atom. The number of pyridine rings is 1. The number of nitrogens with zero attached hydrogens (tertiary/aromatic N) is 3. The fourth-order valence-corrected chi connectivity index (χ4v) is 6.04. The van der Waals surface area contributed by atoms with Gasteiger partial charge in [0.05, 0.1) is 17.6 Å². The van der Waals surface area contributed by atoms with Crippen molar-refractivity contribution in [2.45, 2.75) is 57.2 Å². The summed E-state index contributed by atoms with van der Waals surface area (Å²) in [6.07, 6.45) is 1.18. The number of hydrogen-bond donors (Lipinski definition) is 1. The van der Waals surface area contributed by atoms with Crippen LogP contribution in [0.2, 0.25) is 0 Å². The number of benzene rings is 1. The van der Waals surface area contributed by atoms with Crippen LogP contribution in [-0.2, 0) is 4.79 Å². The van der Waals surface area contributed by atoms with E-state index in [4.69, 9.17) is 10.5 Å². The van der Waals surface area contributed by atoms with Crippen LogP contribution in [0, 0.1) is 17.2 Å². The number of carbonyl (C=O) groups excluding carboxylic acids is 2. The Bertz CT molecular complexity index is 1220. The van der Waals surface area contributed by atoms with E-state index in [1.807, 2.05) is 4.90 Å². The number of nitrogens with two attached hydrogens (primary N) is 1. The van der Waals surface area contributed by atoms with Gasteiger partial charge in [0.2, 0.25) is 11.8 Å². The SMILES string of the molecule is NC(=O)[C@@H]1CCCN1C(=O)c1ccc(-c2ccc(OCC3CCN(CC4(C(F)(F)F)CCC4)CC3)nc2)cc1F. The molecule has 2 aromatic rings. The van der Waals surface area contributed by atoms with E-state index < -0.39 is 35.3 Å². The van der Waals surface area contributed by atoms with Gasteiger partial charge in [0.1, 0.15) is 11.9 Å². The van der Waals surface area contributed by atoms with E-state index >= 15 is 0 Å². The van der Waals surface area contributed by atoms with Gasteiger partial charge < -0.3 is 20.3 Å². The number of primary amides is 1. The number of hydrogen-bond acceptors (Lipinski definition) is 5. The van der Waals surface area contributed by atoms with Gasteiger partial charge in [0, 0.05) is 30.9 Å². The number of ether oxygens (including phenoxy) is 1. The summed E-state index contributed by atoms with van der Waals surface area (Å²) in [7, 11) is 0. The molecule has 2 aliphatic heterocycles. The minimum Gasteiger partial charge on any atom is -0.477 e. The van der Waals surface area contributed by atoms with Crippen LogP contribution in [0.1, 0.15) is 55.3 Å². The summed E-state index contributed by atoms with van der Waals surface area (Å²) in [6, 6.07) is 7.02. The van der Waals surface area contributed by atoms with Crippen LogP contribution in [0.15, 0.2) is 36.5 Å². The number of amides is 2. The quantitative estimate of drug-likeness (QED) is 0.467. The van der Waals surface area contributed by atoms with Crippen LogP contribution < -0.4 is 10.5 Å². The van der Waals surface area contributed by atoms with Gasteiger partial charge in [0.25, 0.3) is 5.91 Å². The predicted octanol–water partition coefficient (Wildman–Crippen LogP) is 4.80. The largest absolute Gasteiger partial charge is 0.477 e. The number of aromatic nitrogens is 1. The van der Waals surface area contributed by atoms with E-state index in [1.165, 1.54) is 17.0 Å². The molecule has 0 unspecified atom stereocenters. The number of halogens is 4. The topological polar surface area (TPSA) is 88.8 Å². The van der Waals surface area contributed by atoms with Gasteiger partial charge in [-0.05, 0) is 81.3 Å². The third-order valence-electron chi connectivity index (χ3n) is 8.72. The zero-order valence-electron chi connectivity index (χ0n) is 22.3. The van der Waals surface area contributed by atoms with Crippen LogP contribution in [0.25, 0.3) is 11.1 Å². The first-order valence-corrected chi connectivity index (χ1v) is 13.8. The summed E-state index contributed by atoms with van der Waals surface area (Å²) in [5, 5.41) is 0. The molecule has 0 bridgehead atoms. The lowest BCUT2D eigenvalue weighted by atomic mass is 9.67. The highest BCUT2D eigenvalue weighted by atomic mass is 19.4. The molecule has 40 heavy (non-hydrogen) atoms. The summed E-state index contributed by atoms with van der Waals surface area (Å²) in [5.74, 6) is -1.19. The zero-order chi connectivity index (χ0) is 28.5. The molecule has 1 aromatic heterocycles. The second-order valence-electron chi connectivity index (χ2n) is 11.3. The average Bonchev–Trinajstić information content (AvgIpc) is 3.40. The fourth-order valence-electron chi connectivity index (χ4n) is 6.04. The Morgan fingerprint density at radius 2 is 1.75 bits per heavy atom. The maximum absolute atomic E-state index is 14.9. The monoisotopic (exact) mass is 562 g/mol. The second kappa shape index (κ2) is 11.3. The van der Waals surface area contributed by atoms with Gasteiger partial charge in [-0.3, -0.25) is 9.59 Å². The minimum atomic E-state index is -4.14. The molecule has 7 nitrogen and oxygen atoms in total. The highest BCUT2D eigenvalue weighted by Crippen LogP contribution is 2.53. The van der Waals surface area contributed by atoms with E-state index in [0.717, 1.165) is 12.8 Å². The van der Waals surface area contributed by atoms with Gasteiger partial charge in [-0.1, -0.05) is 12.5 Å². The van der Waals surface area contributed by atoms with Gasteiger partial charge >= 0.3 is 6.18 Å². The van der Waals surface area contributed by atoms with Crippen LogP contribution in [0.3, 0.4) is 0 Å². The molecule has 0 radical (unpaired) electrons. The molecule has 2 saturated heterocycles. The molecule has 3 heterocycles. The normalized spacial score (nSPS) is 21.7. The Kier molecular flexibility index (Phi) is 8.03. The molecule has 216 valence electrons. The molecule has 3 fully saturated rings. The van der Waals surface area contributed by atoms with Crippen LogP contribution in [0.5, 0.6) is 5.88 Å². The smallest absolute Gasteiger partial charge is 0.395 e. The molecule has 2 amide bonds. The molecule has 5 rings (SSSR count). The summed E-state index contributed by atoms with van der Waals surface area (Å²) in [6.45, 7) is 2.14. The number of piperidine rings is 1. The number of carbonyl (C=O) groups is 2. The highest BCUT2D eigenvalue weighted by Gasteiger charge is 2.58. The van der Waals surface area contributed by atoms with Crippen molar-refractivity contribution < 1.29 is 31.9 Å². The number of rotatable bonds is 8. The van der Waals surface area contributed by atoms with Gasteiger partial charge in [-0.15, -0.1) is 0 Å². The Hall–Kier alpha value is -3.21. The maximum atomic E-state index is 14.9. The Balaban J connectivity index is 1.12. The predicted molar refractivity (Wildman–Crippen MR) is 140 cm³/mol. The maximum Gasteiger partial charge on any atom is 0.395 e. The zero-order valence-corrected chi connectivity index (χ0v) is 22.3. The van der Waals surface area contributed by atoms with E-state index in [-0.39, 0.29) is 30.9 Å². The van der Waals surface area contributed by atoms with Gasteiger partial charge in [-0.2, -0.15) is 13.2 Å². The molecular formula is C29H34F4N4O3. The number of alkyl halides is 3. The average molecular weight is 563 g/mol. The Morgan fingerprint density at radius 3 is 2.33 bits per heavy atom. The summed E-state index contributed by atoms with van der Waals surface area (Å²) in [4.78, 5) is 32.0. The fraction of sp³-hybridized carbons (Fsp3) is 0.552. The van der Waals surface area contributed by atoms with Crippen molar-refractivity contribution in [3.05, 3.63) is 47.9 Å². The van der Waals surface area contributed by atoms with Crippen LogP contribution >= 0.6 is 0 Å². The van der Waals surface area contributed by atoms with Crippen molar-refractivity contribution >= 4 is 11.8 Å². The lowest BCUT2D eigenvalue weighted by Crippen LogP contribution is -2.53. The van der Waals surface area contributed by atoms with Crippen molar-refractivity contribution in [2.75, 3.05) is 32.8 Å². The third-order valence-corrected chi connectivity index (χ3v) is 8.72. The molecule has 11 heteroatoms. The van der Waals surface area contributed by atoms with Crippen LogP contribution in [0.4, 0.5) is 17.6 Å². The highest BCUT2D eigenvalue weighted by molar-refractivity contribution is 5.98. The lowest BCUT2D eigenvalue weighted by molar-refractivity contribution is -0.256. The second-order valence-corrected chi connectivity index (χ2v) is 11.3. The van der Waals surface area contributed by atoms with Gasteiger partial charge in [0.15, 0.2) is 0 Å². The molecule has 1 atom stereocenters. The first-order valence-electron chi connectivity index (χ1n) is 13.8. The molecule has 3 aliphatic rings. The van der Waals surface area contributed by atoms with E-state index in [9.17, 15) is 27.2 Å². The third kappa shape index (κ3) is 5.80. The Labute approximate surface area is 230 Å². The van der Waals surface area contributed by atoms with Crippen molar-refractivity contribution in [1.82, 2.24) is 14.8 Å². The number of likely N-dealkylation sites (tertiary alicyclic amines) is 2. The first-order chi connectivity index (χ1) is 19.1. The molecule has 1 saturated carbocycles. The van der Waals surface area contributed by atoms with E-state index in [1.54, 1.807) is 24.4 Å².